The zero-order chi connectivity index (χ0) is 24.9. The fraction of sp³-hybridized carbons (Fsp3) is 0.214. The smallest absolute Gasteiger partial charge is 0.229 e. The van der Waals surface area contributed by atoms with Crippen molar-refractivity contribution in [3.63, 3.8) is 0 Å². The fourth-order valence-electron chi connectivity index (χ4n) is 3.97. The van der Waals surface area contributed by atoms with Crippen LogP contribution in [0.1, 0.15) is 31.2 Å². The van der Waals surface area contributed by atoms with Crippen molar-refractivity contribution < 1.29 is 14.6 Å². The number of nitrogens with zero attached hydrogens (tertiary/aromatic N) is 3. The number of halogens is 1. The normalized spacial score (nSPS) is 11.0. The Hall–Kier alpha value is -3.58. The van der Waals surface area contributed by atoms with Crippen LogP contribution in [0.5, 0.6) is 11.6 Å². The van der Waals surface area contributed by atoms with Crippen LogP contribution in [0.25, 0.3) is 11.1 Å². The summed E-state index contributed by atoms with van der Waals surface area (Å²) in [5.74, 6) is -0.663. The third-order valence-corrected chi connectivity index (χ3v) is 6.93. The lowest BCUT2D eigenvalue weighted by Gasteiger charge is -2.25. The first-order valence-corrected chi connectivity index (χ1v) is 12.3. The minimum absolute atomic E-state index is 0.0763. The summed E-state index contributed by atoms with van der Waals surface area (Å²) in [6, 6.07) is 18.0. The van der Waals surface area contributed by atoms with Crippen LogP contribution in [0.15, 0.2) is 76.7 Å². The molecule has 2 heterocycles. The zero-order valence-corrected chi connectivity index (χ0v) is 20.8. The molecule has 0 saturated heterocycles. The van der Waals surface area contributed by atoms with Gasteiger partial charge in [-0.3, -0.25) is 4.98 Å². The predicted octanol–water partition coefficient (Wildman–Crippen LogP) is 7.26. The second-order valence-electron chi connectivity index (χ2n) is 8.31. The minimum atomic E-state index is -0.366. The van der Waals surface area contributed by atoms with Crippen LogP contribution >= 0.6 is 11.8 Å². The van der Waals surface area contributed by atoms with Crippen LogP contribution in [-0.2, 0) is 6.42 Å². The van der Waals surface area contributed by atoms with Gasteiger partial charge in [-0.05, 0) is 61.7 Å². The van der Waals surface area contributed by atoms with Crippen molar-refractivity contribution in [3.05, 3.63) is 84.1 Å². The minimum Gasteiger partial charge on any atom is -0.504 e. The molecule has 0 saturated carbocycles. The molecule has 0 aliphatic rings. The van der Waals surface area contributed by atoms with Crippen LogP contribution in [0.2, 0.25) is 0 Å². The molecule has 0 amide bonds. The number of anilines is 2. The van der Waals surface area contributed by atoms with E-state index in [-0.39, 0.29) is 22.3 Å². The number of pyridine rings is 2. The number of hydrogen-bond donors (Lipinski definition) is 2. The molecule has 0 fully saturated rings. The van der Waals surface area contributed by atoms with Gasteiger partial charge in [-0.25, -0.2) is 9.37 Å². The van der Waals surface area contributed by atoms with E-state index < -0.39 is 0 Å². The number of benzene rings is 2. The molecule has 0 spiro atoms. The van der Waals surface area contributed by atoms with Crippen molar-refractivity contribution >= 4 is 23.1 Å². The van der Waals surface area contributed by atoms with Crippen LogP contribution in [-0.4, -0.2) is 27.2 Å². The Morgan fingerprint density at radius 1 is 1.03 bits per heavy atom. The summed E-state index contributed by atoms with van der Waals surface area (Å²) in [4.78, 5) is 11.6. The van der Waals surface area contributed by atoms with Crippen LogP contribution < -0.4 is 4.90 Å². The van der Waals surface area contributed by atoms with Crippen molar-refractivity contribution in [2.75, 3.05) is 11.9 Å². The quantitative estimate of drug-likeness (QED) is 0.271. The van der Waals surface area contributed by atoms with Gasteiger partial charge in [0.2, 0.25) is 5.88 Å². The Morgan fingerprint density at radius 3 is 2.49 bits per heavy atom. The standard InChI is InChI=1S/C28H28FN3O2S/c1-4-5-11-24-25(32(3)21-9-6-8-20(29)17-21)26(33)27(28(34)31-24)35-22-14-12-19(13-15-22)23-10-7-16-30-18(23)2/h6-10,12-17H,4-5,11H2,1-3H3,(H2,31,33,34). The maximum absolute atomic E-state index is 13.9. The maximum Gasteiger partial charge on any atom is 0.229 e. The molecule has 4 aromatic rings. The van der Waals surface area contributed by atoms with Gasteiger partial charge in [0.1, 0.15) is 16.4 Å². The molecule has 0 aliphatic carbocycles. The van der Waals surface area contributed by atoms with Gasteiger partial charge in [0, 0.05) is 35.1 Å². The van der Waals surface area contributed by atoms with E-state index in [1.807, 2.05) is 43.3 Å². The Balaban J connectivity index is 1.71. The van der Waals surface area contributed by atoms with Gasteiger partial charge in [0.15, 0.2) is 5.75 Å². The number of rotatable bonds is 8. The number of aryl methyl sites for hydroxylation is 2. The van der Waals surface area contributed by atoms with E-state index in [1.165, 1.54) is 23.9 Å². The molecular formula is C28H28FN3O2S. The van der Waals surface area contributed by atoms with Crippen molar-refractivity contribution in [2.45, 2.75) is 42.9 Å². The third kappa shape index (κ3) is 5.41. The highest BCUT2D eigenvalue weighted by atomic mass is 32.2. The summed E-state index contributed by atoms with van der Waals surface area (Å²) in [6.07, 6.45) is 4.13. The average molecular weight is 490 g/mol. The molecule has 2 aromatic heterocycles. The maximum atomic E-state index is 13.9. The fourth-order valence-corrected chi connectivity index (χ4v) is 4.81. The van der Waals surface area contributed by atoms with Gasteiger partial charge in [-0.1, -0.05) is 49.4 Å². The molecule has 7 heteroatoms. The largest absolute Gasteiger partial charge is 0.504 e. The summed E-state index contributed by atoms with van der Waals surface area (Å²) in [7, 11) is 1.76. The van der Waals surface area contributed by atoms with Gasteiger partial charge in [0.05, 0.1) is 5.69 Å². The van der Waals surface area contributed by atoms with Crippen LogP contribution in [0, 0.1) is 12.7 Å². The van der Waals surface area contributed by atoms with E-state index >= 15 is 0 Å². The third-order valence-electron chi connectivity index (χ3n) is 5.85. The highest BCUT2D eigenvalue weighted by molar-refractivity contribution is 7.99. The lowest BCUT2D eigenvalue weighted by atomic mass is 10.1. The second kappa shape index (κ2) is 10.8. The summed E-state index contributed by atoms with van der Waals surface area (Å²) < 4.78 is 13.9. The van der Waals surface area contributed by atoms with E-state index in [2.05, 4.69) is 16.9 Å². The summed E-state index contributed by atoms with van der Waals surface area (Å²) in [6.45, 7) is 4.03. The molecule has 0 aliphatic heterocycles. The molecule has 2 aromatic carbocycles. The summed E-state index contributed by atoms with van der Waals surface area (Å²) in [5.41, 5.74) is 4.65. The van der Waals surface area contributed by atoms with E-state index in [0.29, 0.717) is 23.5 Å². The van der Waals surface area contributed by atoms with Crippen LogP contribution in [0.3, 0.4) is 0 Å². The highest BCUT2D eigenvalue weighted by Crippen LogP contribution is 2.48. The Morgan fingerprint density at radius 2 is 1.80 bits per heavy atom. The Labute approximate surface area is 209 Å². The number of hydrogen-bond acceptors (Lipinski definition) is 6. The van der Waals surface area contributed by atoms with E-state index in [4.69, 9.17) is 0 Å². The van der Waals surface area contributed by atoms with Crippen molar-refractivity contribution in [1.29, 1.82) is 0 Å². The highest BCUT2D eigenvalue weighted by Gasteiger charge is 2.23. The Bertz CT molecular complexity index is 1330. The average Bonchev–Trinajstić information content (AvgIpc) is 2.85. The van der Waals surface area contributed by atoms with Gasteiger partial charge in [-0.15, -0.1) is 0 Å². The SMILES string of the molecule is CCCCc1nc(O)c(Sc2ccc(-c3cccnc3C)cc2)c(O)c1N(C)c1cccc(F)c1. The molecule has 180 valence electrons. The molecular weight excluding hydrogens is 461 g/mol. The monoisotopic (exact) mass is 489 g/mol. The van der Waals surface area contributed by atoms with Crippen LogP contribution in [0.4, 0.5) is 15.8 Å². The molecule has 5 nitrogen and oxygen atoms in total. The lowest BCUT2D eigenvalue weighted by Crippen LogP contribution is -2.14. The first-order chi connectivity index (χ1) is 16.9. The van der Waals surface area contributed by atoms with Gasteiger partial charge < -0.3 is 15.1 Å². The van der Waals surface area contributed by atoms with E-state index in [0.717, 1.165) is 34.6 Å². The number of aromatic hydroxyl groups is 2. The lowest BCUT2D eigenvalue weighted by molar-refractivity contribution is 0.410. The topological polar surface area (TPSA) is 69.5 Å². The van der Waals surface area contributed by atoms with Crippen molar-refractivity contribution in [1.82, 2.24) is 9.97 Å². The first kappa shape index (κ1) is 24.5. The van der Waals surface area contributed by atoms with Crippen molar-refractivity contribution in [3.8, 4) is 22.8 Å². The molecule has 2 N–H and O–H groups in total. The zero-order valence-electron chi connectivity index (χ0n) is 20.0. The molecule has 0 unspecified atom stereocenters. The van der Waals surface area contributed by atoms with Gasteiger partial charge in [-0.2, -0.15) is 0 Å². The molecule has 0 bridgehead atoms. The summed E-state index contributed by atoms with van der Waals surface area (Å²) in [5, 5.41) is 22.1. The predicted molar refractivity (Wildman–Crippen MR) is 139 cm³/mol. The molecule has 0 atom stereocenters. The van der Waals surface area contributed by atoms with E-state index in [1.54, 1.807) is 30.3 Å². The van der Waals surface area contributed by atoms with Crippen molar-refractivity contribution in [2.24, 2.45) is 0 Å². The van der Waals surface area contributed by atoms with Gasteiger partial charge >= 0.3 is 0 Å². The molecule has 4 rings (SSSR count). The number of aromatic nitrogens is 2. The number of unbranched alkanes of at least 4 members (excludes halogenated alkanes) is 1. The molecule has 0 radical (unpaired) electrons. The Kier molecular flexibility index (Phi) is 7.56. The van der Waals surface area contributed by atoms with Gasteiger partial charge in [0.25, 0.3) is 0 Å². The van der Waals surface area contributed by atoms with E-state index in [9.17, 15) is 14.6 Å². The second-order valence-corrected chi connectivity index (χ2v) is 9.40. The summed E-state index contributed by atoms with van der Waals surface area (Å²) >= 11 is 1.23. The first-order valence-electron chi connectivity index (χ1n) is 11.5. The molecule has 35 heavy (non-hydrogen) atoms.